The summed E-state index contributed by atoms with van der Waals surface area (Å²) in [6, 6.07) is 9.13. The Hall–Kier alpha value is -2.17. The molecule has 0 amide bonds. The molecule has 136 valence electrons. The molecule has 26 heavy (non-hydrogen) atoms. The van der Waals surface area contributed by atoms with Crippen LogP contribution in [0.4, 0.5) is 13.2 Å². The number of hydrogen-bond donors (Lipinski definition) is 1. The molecule has 10 heteroatoms. The molecule has 2 aromatic carbocycles. The van der Waals surface area contributed by atoms with E-state index in [1.165, 1.54) is 0 Å². The number of hydrogen-bond acceptors (Lipinski definition) is 4. The molecule has 0 unspecified atom stereocenters. The van der Waals surface area contributed by atoms with Gasteiger partial charge in [0.1, 0.15) is 16.4 Å². The van der Waals surface area contributed by atoms with Gasteiger partial charge in [0.25, 0.3) is 16.5 Å². The number of aromatic nitrogens is 1. The predicted octanol–water partition coefficient (Wildman–Crippen LogP) is 5.09. The van der Waals surface area contributed by atoms with Crippen molar-refractivity contribution in [2.75, 3.05) is 0 Å². The van der Waals surface area contributed by atoms with Crippen molar-refractivity contribution >= 4 is 26.0 Å². The maximum Gasteiger partial charge on any atom is 0.298 e. The van der Waals surface area contributed by atoms with Gasteiger partial charge in [-0.2, -0.15) is 8.42 Å². The molecule has 5 nitrogen and oxygen atoms in total. The van der Waals surface area contributed by atoms with Crippen molar-refractivity contribution in [2.24, 2.45) is 0 Å². The lowest BCUT2D eigenvalue weighted by atomic mass is 9.99. The van der Waals surface area contributed by atoms with Crippen molar-refractivity contribution in [3.63, 3.8) is 0 Å². The first-order valence-corrected chi connectivity index (χ1v) is 9.23. The molecule has 0 bridgehead atoms. The van der Waals surface area contributed by atoms with Crippen LogP contribution in [0.5, 0.6) is 0 Å². The molecule has 1 N–H and O–H groups in total. The molecule has 3 aromatic rings. The second-order valence-electron chi connectivity index (χ2n) is 5.20. The SMILES string of the molecule is O=S(=O)(O)c1ccc(-c2c(-c3ccc(Br)cc3)noc2C(F)F)cc1F. The van der Waals surface area contributed by atoms with Crippen LogP contribution in [0.2, 0.25) is 0 Å². The van der Waals surface area contributed by atoms with Crippen molar-refractivity contribution in [3.05, 3.63) is 58.5 Å². The molecule has 0 aliphatic heterocycles. The van der Waals surface area contributed by atoms with Crippen LogP contribution in [-0.2, 0) is 10.1 Å². The van der Waals surface area contributed by atoms with Crippen LogP contribution in [0.1, 0.15) is 12.2 Å². The summed E-state index contributed by atoms with van der Waals surface area (Å²) in [5, 5.41) is 3.65. The summed E-state index contributed by atoms with van der Waals surface area (Å²) in [7, 11) is -4.78. The number of benzene rings is 2. The predicted molar refractivity (Wildman–Crippen MR) is 89.8 cm³/mol. The molecule has 0 aliphatic carbocycles. The number of rotatable bonds is 4. The third-order valence-corrected chi connectivity index (χ3v) is 4.95. The molecule has 0 saturated heterocycles. The van der Waals surface area contributed by atoms with Gasteiger partial charge in [0.15, 0.2) is 0 Å². The number of halogens is 4. The van der Waals surface area contributed by atoms with E-state index < -0.39 is 33.0 Å². The lowest BCUT2D eigenvalue weighted by Crippen LogP contribution is -2.01. The van der Waals surface area contributed by atoms with E-state index in [9.17, 15) is 21.6 Å². The molecular formula is C16H9BrF3NO4S. The second kappa shape index (κ2) is 6.86. The van der Waals surface area contributed by atoms with Gasteiger partial charge < -0.3 is 4.52 Å². The lowest BCUT2D eigenvalue weighted by molar-refractivity contribution is 0.113. The Morgan fingerprint density at radius 2 is 1.69 bits per heavy atom. The standard InChI is InChI=1S/C16H9BrF3NO4S/c17-10-4-1-8(2-5-10)14-13(15(16(19)20)25-21-14)9-3-6-12(11(18)7-9)26(22,23)24/h1-7,16H,(H,22,23,24). The van der Waals surface area contributed by atoms with Gasteiger partial charge in [0.05, 0.1) is 5.56 Å². The molecule has 0 aliphatic rings. The highest BCUT2D eigenvalue weighted by atomic mass is 79.9. The molecule has 1 aromatic heterocycles. The molecule has 0 atom stereocenters. The maximum atomic E-state index is 14.1. The first-order chi connectivity index (χ1) is 12.2. The summed E-state index contributed by atoms with van der Waals surface area (Å²) in [6.07, 6.45) is -3.02. The third-order valence-electron chi connectivity index (χ3n) is 3.53. The largest absolute Gasteiger partial charge is 0.354 e. The molecule has 0 fully saturated rings. The Morgan fingerprint density at radius 3 is 2.23 bits per heavy atom. The number of alkyl halides is 2. The summed E-state index contributed by atoms with van der Waals surface area (Å²) >= 11 is 3.25. The minimum atomic E-state index is -4.78. The van der Waals surface area contributed by atoms with E-state index in [0.717, 1.165) is 22.7 Å². The monoisotopic (exact) mass is 447 g/mol. The van der Waals surface area contributed by atoms with Crippen LogP contribution >= 0.6 is 15.9 Å². The Morgan fingerprint density at radius 1 is 1.08 bits per heavy atom. The topological polar surface area (TPSA) is 80.4 Å². The van der Waals surface area contributed by atoms with Crippen molar-refractivity contribution in [1.82, 2.24) is 5.16 Å². The van der Waals surface area contributed by atoms with Crippen LogP contribution in [0.3, 0.4) is 0 Å². The van der Waals surface area contributed by atoms with Crippen molar-refractivity contribution in [3.8, 4) is 22.4 Å². The smallest absolute Gasteiger partial charge is 0.298 e. The Balaban J connectivity index is 2.22. The fraction of sp³-hybridized carbons (Fsp3) is 0.0625. The quantitative estimate of drug-likeness (QED) is 0.563. The Kier molecular flexibility index (Phi) is 4.91. The van der Waals surface area contributed by atoms with E-state index in [1.807, 2.05) is 0 Å². The zero-order valence-corrected chi connectivity index (χ0v) is 15.1. The van der Waals surface area contributed by atoms with E-state index >= 15 is 0 Å². The first kappa shape index (κ1) is 18.6. The summed E-state index contributed by atoms with van der Waals surface area (Å²) in [4.78, 5) is -0.957. The van der Waals surface area contributed by atoms with Crippen LogP contribution in [-0.4, -0.2) is 18.1 Å². The highest BCUT2D eigenvalue weighted by Gasteiger charge is 2.27. The highest BCUT2D eigenvalue weighted by Crippen LogP contribution is 2.39. The van der Waals surface area contributed by atoms with Gasteiger partial charge in [-0.25, -0.2) is 13.2 Å². The third kappa shape index (κ3) is 3.53. The van der Waals surface area contributed by atoms with E-state index in [1.54, 1.807) is 24.3 Å². The van der Waals surface area contributed by atoms with Gasteiger partial charge in [-0.15, -0.1) is 0 Å². The average Bonchev–Trinajstić information content (AvgIpc) is 2.99. The van der Waals surface area contributed by atoms with E-state index in [-0.39, 0.29) is 16.8 Å². The van der Waals surface area contributed by atoms with Crippen molar-refractivity contribution in [1.29, 1.82) is 0 Å². The molecule has 0 radical (unpaired) electrons. The first-order valence-electron chi connectivity index (χ1n) is 6.99. The summed E-state index contributed by atoms with van der Waals surface area (Å²) < 4.78 is 77.4. The number of nitrogens with zero attached hydrogens (tertiary/aromatic N) is 1. The molecule has 0 spiro atoms. The molecule has 3 rings (SSSR count). The maximum absolute atomic E-state index is 14.1. The van der Waals surface area contributed by atoms with Gasteiger partial charge >= 0.3 is 0 Å². The zero-order valence-electron chi connectivity index (χ0n) is 12.7. The van der Waals surface area contributed by atoms with E-state index in [4.69, 9.17) is 9.08 Å². The second-order valence-corrected chi connectivity index (χ2v) is 7.50. The summed E-state index contributed by atoms with van der Waals surface area (Å²) in [6.45, 7) is 0. The van der Waals surface area contributed by atoms with Crippen LogP contribution in [0.15, 0.2) is 56.4 Å². The zero-order chi connectivity index (χ0) is 19.1. The van der Waals surface area contributed by atoms with E-state index in [0.29, 0.717) is 5.56 Å². The summed E-state index contributed by atoms with van der Waals surface area (Å²) in [5.74, 6) is -2.06. The van der Waals surface area contributed by atoms with E-state index in [2.05, 4.69) is 21.1 Å². The molecule has 1 heterocycles. The summed E-state index contributed by atoms with van der Waals surface area (Å²) in [5.41, 5.74) is 0.261. The van der Waals surface area contributed by atoms with Gasteiger partial charge in [0, 0.05) is 10.0 Å². The van der Waals surface area contributed by atoms with Crippen LogP contribution in [0.25, 0.3) is 22.4 Å². The highest BCUT2D eigenvalue weighted by molar-refractivity contribution is 9.10. The van der Waals surface area contributed by atoms with Crippen LogP contribution in [0, 0.1) is 5.82 Å². The van der Waals surface area contributed by atoms with Gasteiger partial charge in [-0.05, 0) is 29.8 Å². The average molecular weight is 448 g/mol. The van der Waals surface area contributed by atoms with Crippen LogP contribution < -0.4 is 0 Å². The van der Waals surface area contributed by atoms with Gasteiger partial charge in [-0.1, -0.05) is 39.3 Å². The molecule has 0 saturated carbocycles. The minimum Gasteiger partial charge on any atom is -0.354 e. The minimum absolute atomic E-state index is 0.0480. The van der Waals surface area contributed by atoms with Crippen molar-refractivity contribution < 1.29 is 30.7 Å². The van der Waals surface area contributed by atoms with Crippen molar-refractivity contribution in [2.45, 2.75) is 11.3 Å². The Bertz CT molecular complexity index is 1070. The fourth-order valence-electron chi connectivity index (χ4n) is 2.40. The normalized spacial score (nSPS) is 11.9. The lowest BCUT2D eigenvalue weighted by Gasteiger charge is -2.07. The van der Waals surface area contributed by atoms with Gasteiger partial charge in [0.2, 0.25) is 5.76 Å². The van der Waals surface area contributed by atoms with Gasteiger partial charge in [-0.3, -0.25) is 4.55 Å². The molecular weight excluding hydrogens is 439 g/mol. The fourth-order valence-corrected chi connectivity index (χ4v) is 3.21. The Labute approximate surface area is 154 Å².